The minimum atomic E-state index is -3.43. The smallest absolute Gasteiger partial charge is 0.304 e. The molecule has 14 heavy (non-hydrogen) atoms. The summed E-state index contributed by atoms with van der Waals surface area (Å²) in [6.45, 7) is 2.58. The van der Waals surface area contributed by atoms with Crippen molar-refractivity contribution < 1.29 is 22.7 Å². The predicted molar refractivity (Wildman–Crippen MR) is 50.7 cm³/mol. The third-order valence-electron chi connectivity index (χ3n) is 1.63. The number of halogens is 1. The fourth-order valence-corrected chi connectivity index (χ4v) is 2.23. The first kappa shape index (κ1) is 13.4. The molecule has 0 aromatic heterocycles. The molecule has 4 nitrogen and oxygen atoms in total. The molecule has 84 valence electrons. The number of alkyl halides is 1. The summed E-state index contributed by atoms with van der Waals surface area (Å²) < 4.78 is 35.2. The van der Waals surface area contributed by atoms with E-state index in [-0.39, 0.29) is 12.2 Å². The van der Waals surface area contributed by atoms with E-state index in [2.05, 4.69) is 0 Å². The fraction of sp³-hybridized carbons (Fsp3) is 0.875. The van der Waals surface area contributed by atoms with Crippen LogP contribution in [0.25, 0.3) is 0 Å². The Morgan fingerprint density at radius 2 is 1.86 bits per heavy atom. The summed E-state index contributed by atoms with van der Waals surface area (Å²) in [7, 11) is -3.43. The van der Waals surface area contributed by atoms with E-state index in [1.807, 2.05) is 0 Å². The monoisotopic (exact) mass is 226 g/mol. The summed E-state index contributed by atoms with van der Waals surface area (Å²) >= 11 is 0. The van der Waals surface area contributed by atoms with E-state index in [0.29, 0.717) is 0 Å². The number of hydrogen-bond acceptors (Lipinski definition) is 3. The second-order valence-electron chi connectivity index (χ2n) is 3.76. The number of carboxylic acids is 1. The van der Waals surface area contributed by atoms with Crippen LogP contribution in [0.5, 0.6) is 0 Å². The molecule has 0 bridgehead atoms. The van der Waals surface area contributed by atoms with E-state index in [9.17, 15) is 17.6 Å². The van der Waals surface area contributed by atoms with Gasteiger partial charge in [-0.1, -0.05) is 0 Å². The van der Waals surface area contributed by atoms with Crippen molar-refractivity contribution >= 4 is 15.8 Å². The first-order chi connectivity index (χ1) is 6.12. The van der Waals surface area contributed by atoms with E-state index in [1.165, 1.54) is 13.8 Å². The second kappa shape index (κ2) is 4.72. The maximum Gasteiger partial charge on any atom is 0.304 e. The molecule has 0 radical (unpaired) electrons. The molecular weight excluding hydrogens is 211 g/mol. The molecule has 0 atom stereocenters. The average molecular weight is 226 g/mol. The van der Waals surface area contributed by atoms with Gasteiger partial charge in [-0.05, 0) is 20.3 Å². The Kier molecular flexibility index (Phi) is 4.51. The van der Waals surface area contributed by atoms with Crippen LogP contribution in [0, 0.1) is 0 Å². The maximum absolute atomic E-state index is 12.9. The standard InChI is InChI=1S/C8H15FO4S/c1-8(2,9)4-6-14(12,13)5-3-7(10)11/h3-6H2,1-2H3,(H,10,11). The molecule has 0 aliphatic heterocycles. The Morgan fingerprint density at radius 3 is 2.21 bits per heavy atom. The molecule has 0 heterocycles. The molecule has 0 saturated heterocycles. The third-order valence-corrected chi connectivity index (χ3v) is 3.29. The van der Waals surface area contributed by atoms with E-state index < -0.39 is 33.6 Å². The quantitative estimate of drug-likeness (QED) is 0.733. The number of sulfone groups is 1. The van der Waals surface area contributed by atoms with Gasteiger partial charge < -0.3 is 5.11 Å². The molecule has 0 spiro atoms. The van der Waals surface area contributed by atoms with Crippen LogP contribution in [0.4, 0.5) is 4.39 Å². The van der Waals surface area contributed by atoms with E-state index in [0.717, 1.165) is 0 Å². The van der Waals surface area contributed by atoms with Gasteiger partial charge in [0, 0.05) is 0 Å². The Morgan fingerprint density at radius 1 is 1.36 bits per heavy atom. The van der Waals surface area contributed by atoms with Crippen LogP contribution >= 0.6 is 0 Å². The Hall–Kier alpha value is -0.650. The molecule has 0 saturated carbocycles. The minimum absolute atomic E-state index is 0.102. The van der Waals surface area contributed by atoms with Crippen LogP contribution in [0.3, 0.4) is 0 Å². The zero-order valence-electron chi connectivity index (χ0n) is 8.29. The Labute approximate surface area is 83.0 Å². The van der Waals surface area contributed by atoms with Crippen LogP contribution in [0.1, 0.15) is 26.7 Å². The molecular formula is C8H15FO4S. The zero-order chi connectivity index (χ0) is 11.4. The summed E-state index contributed by atoms with van der Waals surface area (Å²) in [6, 6.07) is 0. The van der Waals surface area contributed by atoms with Gasteiger partial charge in [-0.25, -0.2) is 12.8 Å². The summed E-state index contributed by atoms with van der Waals surface area (Å²) in [5, 5.41) is 8.27. The first-order valence-electron chi connectivity index (χ1n) is 4.23. The normalized spacial score (nSPS) is 12.8. The summed E-state index contributed by atoms with van der Waals surface area (Å²) in [6.07, 6.45) is -0.524. The minimum Gasteiger partial charge on any atom is -0.481 e. The molecule has 0 unspecified atom stereocenters. The van der Waals surface area contributed by atoms with E-state index in [4.69, 9.17) is 5.11 Å². The average Bonchev–Trinajstić information content (AvgIpc) is 1.97. The van der Waals surface area contributed by atoms with Crippen molar-refractivity contribution in [2.24, 2.45) is 0 Å². The number of carboxylic acid groups (broad SMARTS) is 1. The molecule has 1 N–H and O–H groups in total. The Balaban J connectivity index is 4.03. The van der Waals surface area contributed by atoms with Gasteiger partial charge in [0.15, 0.2) is 9.84 Å². The zero-order valence-corrected chi connectivity index (χ0v) is 9.10. The number of hydrogen-bond donors (Lipinski definition) is 1. The van der Waals surface area contributed by atoms with Gasteiger partial charge >= 0.3 is 5.97 Å². The molecule has 0 aliphatic rings. The van der Waals surface area contributed by atoms with Crippen LogP contribution in [0.2, 0.25) is 0 Å². The van der Waals surface area contributed by atoms with Crippen molar-refractivity contribution in [2.45, 2.75) is 32.4 Å². The van der Waals surface area contributed by atoms with Gasteiger partial charge in [-0.3, -0.25) is 4.79 Å². The summed E-state index contributed by atoms with van der Waals surface area (Å²) in [4.78, 5) is 10.1. The predicted octanol–water partition coefficient (Wildman–Crippen LogP) is 1.01. The lowest BCUT2D eigenvalue weighted by molar-refractivity contribution is -0.136. The van der Waals surface area contributed by atoms with Gasteiger partial charge in [0.2, 0.25) is 0 Å². The molecule has 0 amide bonds. The largest absolute Gasteiger partial charge is 0.481 e. The van der Waals surface area contributed by atoms with Gasteiger partial charge in [0.05, 0.1) is 17.9 Å². The van der Waals surface area contributed by atoms with E-state index in [1.54, 1.807) is 0 Å². The molecule has 0 aliphatic carbocycles. The second-order valence-corrected chi connectivity index (χ2v) is 6.07. The number of carbonyl (C=O) groups is 1. The molecule has 0 rings (SSSR count). The van der Waals surface area contributed by atoms with Gasteiger partial charge in [-0.15, -0.1) is 0 Å². The van der Waals surface area contributed by atoms with Crippen molar-refractivity contribution in [2.75, 3.05) is 11.5 Å². The highest BCUT2D eigenvalue weighted by Gasteiger charge is 2.21. The highest BCUT2D eigenvalue weighted by atomic mass is 32.2. The third kappa shape index (κ3) is 7.97. The molecule has 6 heteroatoms. The number of aliphatic carboxylic acids is 1. The maximum atomic E-state index is 12.9. The lowest BCUT2D eigenvalue weighted by atomic mass is 10.1. The van der Waals surface area contributed by atoms with E-state index >= 15 is 0 Å². The van der Waals surface area contributed by atoms with Gasteiger partial charge in [-0.2, -0.15) is 0 Å². The topological polar surface area (TPSA) is 71.4 Å². The fourth-order valence-electron chi connectivity index (χ4n) is 0.743. The molecule has 0 aromatic carbocycles. The SMILES string of the molecule is CC(C)(F)CCS(=O)(=O)CCC(=O)O. The molecule has 0 aromatic rings. The van der Waals surface area contributed by atoms with Crippen molar-refractivity contribution in [1.29, 1.82) is 0 Å². The Bertz CT molecular complexity index is 289. The molecule has 0 fully saturated rings. The lowest BCUT2D eigenvalue weighted by Crippen LogP contribution is -2.21. The first-order valence-corrected chi connectivity index (χ1v) is 6.06. The number of rotatable bonds is 6. The van der Waals surface area contributed by atoms with Crippen molar-refractivity contribution in [3.63, 3.8) is 0 Å². The van der Waals surface area contributed by atoms with Crippen molar-refractivity contribution in [1.82, 2.24) is 0 Å². The van der Waals surface area contributed by atoms with Crippen LogP contribution < -0.4 is 0 Å². The highest BCUT2D eigenvalue weighted by molar-refractivity contribution is 7.91. The summed E-state index contributed by atoms with van der Waals surface area (Å²) in [5.41, 5.74) is -1.53. The van der Waals surface area contributed by atoms with Crippen LogP contribution in [0.15, 0.2) is 0 Å². The van der Waals surface area contributed by atoms with Crippen LogP contribution in [-0.2, 0) is 14.6 Å². The van der Waals surface area contributed by atoms with Crippen molar-refractivity contribution in [3.8, 4) is 0 Å². The van der Waals surface area contributed by atoms with Crippen LogP contribution in [-0.4, -0.2) is 36.7 Å². The van der Waals surface area contributed by atoms with Gasteiger partial charge in [0.1, 0.15) is 5.67 Å². The van der Waals surface area contributed by atoms with Crippen molar-refractivity contribution in [3.05, 3.63) is 0 Å². The summed E-state index contributed by atoms with van der Waals surface area (Å²) in [5.74, 6) is -1.88. The van der Waals surface area contributed by atoms with Gasteiger partial charge in [0.25, 0.3) is 0 Å². The lowest BCUT2D eigenvalue weighted by Gasteiger charge is -2.13. The highest BCUT2D eigenvalue weighted by Crippen LogP contribution is 2.15.